The molecule has 0 bridgehead atoms. The van der Waals surface area contributed by atoms with Gasteiger partial charge >= 0.3 is 0 Å². The molecule has 3 rings (SSSR count). The molecule has 7 nitrogen and oxygen atoms in total. The topological polar surface area (TPSA) is 101 Å². The van der Waals surface area contributed by atoms with E-state index < -0.39 is 22.9 Å². The second-order valence-corrected chi connectivity index (χ2v) is 9.67. The van der Waals surface area contributed by atoms with Gasteiger partial charge in [-0.2, -0.15) is 0 Å². The van der Waals surface area contributed by atoms with Crippen LogP contribution in [0.4, 0.5) is 0 Å². The van der Waals surface area contributed by atoms with Crippen molar-refractivity contribution in [3.05, 3.63) is 33.7 Å². The first-order valence-electron chi connectivity index (χ1n) is 10.7. The van der Waals surface area contributed by atoms with Gasteiger partial charge in [-0.3, -0.25) is 9.35 Å². The number of aromatic nitrogens is 1. The highest BCUT2D eigenvalue weighted by molar-refractivity contribution is 7.77. The van der Waals surface area contributed by atoms with Crippen molar-refractivity contribution >= 4 is 11.3 Å². The minimum Gasteiger partial charge on any atom is -0.386 e. The van der Waals surface area contributed by atoms with Gasteiger partial charge in [0.05, 0.1) is 24.4 Å². The van der Waals surface area contributed by atoms with Crippen LogP contribution in [0.5, 0.6) is 0 Å². The number of nitrogens with zero attached hydrogens (tertiary/aromatic N) is 1. The predicted molar refractivity (Wildman–Crippen MR) is 113 cm³/mol. The Balaban J connectivity index is 1.85. The third kappa shape index (κ3) is 5.35. The first-order valence-corrected chi connectivity index (χ1v) is 11.8. The number of fused-ring (bicyclic) bond motifs is 1. The molecule has 164 valence electrons. The van der Waals surface area contributed by atoms with Crippen LogP contribution in [0.1, 0.15) is 76.6 Å². The van der Waals surface area contributed by atoms with E-state index in [2.05, 4.69) is 11.6 Å². The lowest BCUT2D eigenvalue weighted by atomic mass is 9.86. The number of hydrogen-bond acceptors (Lipinski definition) is 4. The third-order valence-electron chi connectivity index (χ3n) is 6.49. The van der Waals surface area contributed by atoms with Crippen molar-refractivity contribution in [3.8, 4) is 0 Å². The third-order valence-corrected chi connectivity index (χ3v) is 7.00. The lowest BCUT2D eigenvalue weighted by molar-refractivity contribution is -0.00740. The van der Waals surface area contributed by atoms with Gasteiger partial charge in [-0.1, -0.05) is 13.3 Å². The Kier molecular flexibility index (Phi) is 7.32. The fourth-order valence-electron chi connectivity index (χ4n) is 4.70. The van der Waals surface area contributed by atoms with E-state index in [1.807, 2.05) is 6.07 Å². The molecule has 1 aliphatic heterocycles. The van der Waals surface area contributed by atoms with Crippen LogP contribution in [0.3, 0.4) is 0 Å². The smallest absolute Gasteiger partial charge is 0.257 e. The van der Waals surface area contributed by atoms with Crippen LogP contribution >= 0.6 is 0 Å². The van der Waals surface area contributed by atoms with Gasteiger partial charge in [0.15, 0.2) is 0 Å². The van der Waals surface area contributed by atoms with Gasteiger partial charge in [-0.15, -0.1) is 0 Å². The van der Waals surface area contributed by atoms with Crippen LogP contribution < -0.4 is 10.3 Å². The number of ether oxygens (including phenoxy) is 1. The molecular weight excluding hydrogens is 392 g/mol. The monoisotopic (exact) mass is 426 g/mol. The highest BCUT2D eigenvalue weighted by Crippen LogP contribution is 2.31. The van der Waals surface area contributed by atoms with Crippen LogP contribution in [-0.4, -0.2) is 37.2 Å². The molecule has 1 aromatic rings. The van der Waals surface area contributed by atoms with Gasteiger partial charge in [0.1, 0.15) is 0 Å². The Labute approximate surface area is 175 Å². The predicted octanol–water partition coefficient (Wildman–Crippen LogP) is 2.64. The van der Waals surface area contributed by atoms with Crippen LogP contribution in [0.25, 0.3) is 0 Å². The summed E-state index contributed by atoms with van der Waals surface area (Å²) in [6.07, 6.45) is 6.98. The molecule has 1 saturated carbocycles. The van der Waals surface area contributed by atoms with Crippen molar-refractivity contribution in [1.29, 1.82) is 0 Å². The van der Waals surface area contributed by atoms with E-state index in [9.17, 15) is 18.7 Å². The molecule has 3 N–H and O–H groups in total. The summed E-state index contributed by atoms with van der Waals surface area (Å²) in [7, 11) is 0. The summed E-state index contributed by atoms with van der Waals surface area (Å²) in [6, 6.07) is 2.82. The zero-order valence-electron chi connectivity index (χ0n) is 17.6. The van der Waals surface area contributed by atoms with Crippen molar-refractivity contribution in [2.45, 2.75) is 89.5 Å². The van der Waals surface area contributed by atoms with Crippen molar-refractivity contribution in [3.63, 3.8) is 0 Å². The number of hydrogen-bond donors (Lipinski definition) is 3. The maximum absolute atomic E-state index is 13.2. The van der Waals surface area contributed by atoms with Gasteiger partial charge in [0.2, 0.25) is 11.3 Å². The second kappa shape index (κ2) is 9.39. The number of nitrogens with one attached hydrogen (secondary N) is 1. The molecule has 1 aromatic heterocycles. The van der Waals surface area contributed by atoms with Gasteiger partial charge < -0.3 is 14.4 Å². The molecule has 2 heterocycles. The largest absolute Gasteiger partial charge is 0.386 e. The van der Waals surface area contributed by atoms with E-state index in [0.29, 0.717) is 25.0 Å². The molecular formula is C21H34N2O5S. The fourth-order valence-corrected chi connectivity index (χ4v) is 5.23. The molecule has 8 heteroatoms. The van der Waals surface area contributed by atoms with E-state index in [4.69, 9.17) is 4.74 Å². The molecule has 1 fully saturated rings. The molecule has 3 atom stereocenters. The number of rotatable bonds is 7. The van der Waals surface area contributed by atoms with E-state index in [0.717, 1.165) is 37.3 Å². The Hall–Kier alpha value is -1.06. The van der Waals surface area contributed by atoms with Crippen LogP contribution in [-0.2, 0) is 28.0 Å². The summed E-state index contributed by atoms with van der Waals surface area (Å²) >= 11 is -2.17. The quantitative estimate of drug-likeness (QED) is 0.582. The van der Waals surface area contributed by atoms with Gasteiger partial charge in [0.25, 0.3) is 5.56 Å². The molecule has 3 unspecified atom stereocenters. The zero-order valence-corrected chi connectivity index (χ0v) is 18.4. The van der Waals surface area contributed by atoms with Gasteiger partial charge in [-0.05, 0) is 70.4 Å². The zero-order chi connectivity index (χ0) is 21.2. The van der Waals surface area contributed by atoms with Crippen molar-refractivity contribution in [2.75, 3.05) is 6.61 Å². The summed E-state index contributed by atoms with van der Waals surface area (Å²) in [4.78, 5) is 13.2. The first kappa shape index (κ1) is 22.6. The Morgan fingerprint density at radius 2 is 1.93 bits per heavy atom. The molecule has 2 aliphatic rings. The highest BCUT2D eigenvalue weighted by atomic mass is 32.2. The number of aryl methyl sites for hydroxylation is 1. The maximum Gasteiger partial charge on any atom is 0.257 e. The lowest BCUT2D eigenvalue weighted by Crippen LogP contribution is -2.49. The van der Waals surface area contributed by atoms with E-state index in [1.165, 1.54) is 6.42 Å². The molecule has 1 aliphatic carbocycles. The van der Waals surface area contributed by atoms with Crippen molar-refractivity contribution in [1.82, 2.24) is 9.29 Å². The summed E-state index contributed by atoms with van der Waals surface area (Å²) < 4.78 is 31.4. The van der Waals surface area contributed by atoms with E-state index in [1.54, 1.807) is 24.5 Å². The summed E-state index contributed by atoms with van der Waals surface area (Å²) in [5.74, 6) is 0.772. The molecule has 0 amide bonds. The van der Waals surface area contributed by atoms with Crippen LogP contribution in [0.2, 0.25) is 0 Å². The van der Waals surface area contributed by atoms with Crippen LogP contribution in [0, 0.1) is 5.92 Å². The van der Waals surface area contributed by atoms with Crippen molar-refractivity contribution in [2.24, 2.45) is 5.92 Å². The molecule has 29 heavy (non-hydrogen) atoms. The Bertz CT molecular complexity index is 780. The Morgan fingerprint density at radius 3 is 2.52 bits per heavy atom. The maximum atomic E-state index is 13.2. The second-order valence-electron chi connectivity index (χ2n) is 8.94. The summed E-state index contributed by atoms with van der Waals surface area (Å²) in [5, 5.41) is 10.4. The standard InChI is InChI=1S/C21H34N2O5S/c1-4-14-5-9-16(10-6-14)28-13-19-18(22-29(26)27)12-8-15-7-11-17(21(2,3)25)20(24)23(15)19/h7,11,14,16,18-19,22,25H,4-6,8-10,12-13H2,1-3H3,(H,26,27). The average Bonchev–Trinajstić information content (AvgIpc) is 2.66. The molecule has 0 radical (unpaired) electrons. The Morgan fingerprint density at radius 1 is 1.24 bits per heavy atom. The summed E-state index contributed by atoms with van der Waals surface area (Å²) in [5.41, 5.74) is -0.328. The number of aliphatic hydroxyl groups is 1. The number of pyridine rings is 1. The van der Waals surface area contributed by atoms with E-state index >= 15 is 0 Å². The molecule has 0 spiro atoms. The van der Waals surface area contributed by atoms with Gasteiger partial charge in [-0.25, -0.2) is 8.93 Å². The minimum absolute atomic E-state index is 0.164. The SMILES string of the molecule is CCC1CCC(OCC2C(NS(=O)O)CCc3ccc(C(C)(C)O)c(=O)n32)CC1. The van der Waals surface area contributed by atoms with Crippen LogP contribution in [0.15, 0.2) is 16.9 Å². The minimum atomic E-state index is -2.17. The molecule has 0 saturated heterocycles. The van der Waals surface area contributed by atoms with Gasteiger partial charge in [0, 0.05) is 17.3 Å². The lowest BCUT2D eigenvalue weighted by Gasteiger charge is -2.37. The van der Waals surface area contributed by atoms with Crippen molar-refractivity contribution < 1.29 is 18.6 Å². The first-order chi connectivity index (χ1) is 13.7. The average molecular weight is 427 g/mol. The molecule has 0 aromatic carbocycles. The fraction of sp³-hybridized carbons (Fsp3) is 0.762. The summed E-state index contributed by atoms with van der Waals surface area (Å²) in [6.45, 7) is 5.71. The van der Waals surface area contributed by atoms with E-state index in [-0.39, 0.29) is 17.7 Å². The normalized spacial score (nSPS) is 28.7. The highest BCUT2D eigenvalue weighted by Gasteiger charge is 2.34.